The number of rotatable bonds is 3. The summed E-state index contributed by atoms with van der Waals surface area (Å²) in [4.78, 5) is 2.57. The Bertz CT molecular complexity index is 280. The van der Waals surface area contributed by atoms with E-state index in [0.29, 0.717) is 0 Å². The minimum absolute atomic E-state index is 0.00860. The molecular weight excluding hydrogens is 214 g/mol. The molecule has 1 fully saturated rings. The third-order valence-corrected chi connectivity index (χ3v) is 2.73. The van der Waals surface area contributed by atoms with E-state index in [4.69, 9.17) is 10.3 Å². The molecule has 1 rings (SSSR count). The quantitative estimate of drug-likeness (QED) is 0.354. The highest BCUT2D eigenvalue weighted by atomic mass is 16.5. The highest BCUT2D eigenvalue weighted by Gasteiger charge is 2.44. The summed E-state index contributed by atoms with van der Waals surface area (Å²) in [5.41, 5.74) is 8.19. The van der Waals surface area contributed by atoms with E-state index in [1.807, 2.05) is 13.8 Å². The van der Waals surface area contributed by atoms with Crippen LogP contribution in [0.5, 0.6) is 0 Å². The minimum atomic E-state index is -1.28. The van der Waals surface area contributed by atoms with Crippen LogP contribution in [0.1, 0.15) is 13.8 Å². The Balaban J connectivity index is 2.76. The van der Waals surface area contributed by atoms with Gasteiger partial charge >= 0.3 is 0 Å². The van der Waals surface area contributed by atoms with Crippen LogP contribution in [0.4, 0.5) is 0 Å². The minimum Gasteiger partial charge on any atom is -0.388 e. The van der Waals surface area contributed by atoms with Gasteiger partial charge in [-0.05, 0) is 11.4 Å². The normalized spacial score (nSPS) is 39.5. The van der Waals surface area contributed by atoms with Crippen LogP contribution in [-0.2, 0) is 4.74 Å². The molecule has 92 valence electrons. The fourth-order valence-electron chi connectivity index (χ4n) is 1.80. The molecule has 0 saturated carbocycles. The van der Waals surface area contributed by atoms with E-state index >= 15 is 0 Å². The van der Waals surface area contributed by atoms with E-state index in [1.54, 1.807) is 0 Å². The molecule has 3 N–H and O–H groups in total. The van der Waals surface area contributed by atoms with Gasteiger partial charge < -0.3 is 20.1 Å². The lowest BCUT2D eigenvalue weighted by Gasteiger charge is -2.42. The first-order valence-electron chi connectivity index (χ1n) is 5.19. The van der Waals surface area contributed by atoms with Crippen LogP contribution in [0.2, 0.25) is 0 Å². The molecule has 0 aliphatic carbocycles. The van der Waals surface area contributed by atoms with Gasteiger partial charge in [-0.3, -0.25) is 0 Å². The molecule has 1 aliphatic rings. The van der Waals surface area contributed by atoms with Crippen LogP contribution in [0.25, 0.3) is 10.4 Å². The van der Waals surface area contributed by atoms with Crippen molar-refractivity contribution >= 4 is 0 Å². The van der Waals surface area contributed by atoms with Gasteiger partial charge in [0.1, 0.15) is 18.3 Å². The molecule has 1 heterocycles. The number of ether oxygens (including phenoxy) is 1. The van der Waals surface area contributed by atoms with E-state index in [9.17, 15) is 15.3 Å². The lowest BCUT2D eigenvalue weighted by molar-refractivity contribution is -0.228. The van der Waals surface area contributed by atoms with Gasteiger partial charge in [-0.2, -0.15) is 0 Å². The van der Waals surface area contributed by atoms with Crippen LogP contribution in [0.3, 0.4) is 0 Å². The molecule has 4 unspecified atom stereocenters. The number of nitrogens with zero attached hydrogens (tertiary/aromatic N) is 3. The van der Waals surface area contributed by atoms with Crippen molar-refractivity contribution in [3.8, 4) is 0 Å². The molecule has 0 amide bonds. The number of azide groups is 1. The van der Waals surface area contributed by atoms with Crippen molar-refractivity contribution < 1.29 is 20.1 Å². The van der Waals surface area contributed by atoms with E-state index in [1.165, 1.54) is 0 Å². The maximum Gasteiger partial charge on any atom is 0.111 e. The molecule has 0 aromatic heterocycles. The topological polar surface area (TPSA) is 119 Å². The first kappa shape index (κ1) is 13.2. The zero-order valence-electron chi connectivity index (χ0n) is 9.26. The Morgan fingerprint density at radius 2 is 1.88 bits per heavy atom. The Kier molecular flexibility index (Phi) is 4.52. The Hall–Kier alpha value is -0.850. The third kappa shape index (κ3) is 2.63. The average Bonchev–Trinajstić information content (AvgIpc) is 2.24. The summed E-state index contributed by atoms with van der Waals surface area (Å²) in [6, 6.07) is 0. The Labute approximate surface area is 93.3 Å². The predicted molar refractivity (Wildman–Crippen MR) is 55.5 cm³/mol. The molecular formula is C9H17N3O4. The summed E-state index contributed by atoms with van der Waals surface area (Å²) in [5, 5.41) is 32.2. The van der Waals surface area contributed by atoms with Crippen LogP contribution in [0.15, 0.2) is 5.11 Å². The van der Waals surface area contributed by atoms with Crippen molar-refractivity contribution in [2.45, 2.75) is 44.4 Å². The zero-order chi connectivity index (χ0) is 12.3. The van der Waals surface area contributed by atoms with Gasteiger partial charge in [0.05, 0.1) is 18.8 Å². The molecule has 1 aliphatic heterocycles. The smallest absolute Gasteiger partial charge is 0.111 e. The summed E-state index contributed by atoms with van der Waals surface area (Å²) in [6.45, 7) is 3.61. The first-order valence-corrected chi connectivity index (χ1v) is 5.19. The van der Waals surface area contributed by atoms with Gasteiger partial charge in [0.25, 0.3) is 0 Å². The van der Waals surface area contributed by atoms with Crippen LogP contribution >= 0.6 is 0 Å². The van der Waals surface area contributed by atoms with Crippen molar-refractivity contribution in [1.29, 1.82) is 0 Å². The van der Waals surface area contributed by atoms with Crippen molar-refractivity contribution in [2.24, 2.45) is 11.0 Å². The summed E-state index contributed by atoms with van der Waals surface area (Å²) < 4.78 is 5.42. The van der Waals surface area contributed by atoms with Gasteiger partial charge in [0.15, 0.2) is 0 Å². The Morgan fingerprint density at radius 3 is 2.38 bits per heavy atom. The fourth-order valence-corrected chi connectivity index (χ4v) is 1.80. The van der Waals surface area contributed by atoms with E-state index in [2.05, 4.69) is 10.0 Å². The second-order valence-corrected chi connectivity index (χ2v) is 4.27. The molecule has 7 heteroatoms. The van der Waals surface area contributed by atoms with Crippen molar-refractivity contribution in [3.63, 3.8) is 0 Å². The van der Waals surface area contributed by atoms with Gasteiger partial charge in [-0.15, -0.1) is 0 Å². The van der Waals surface area contributed by atoms with E-state index in [0.717, 1.165) is 0 Å². The summed E-state index contributed by atoms with van der Waals surface area (Å²) in [7, 11) is 0. The average molecular weight is 231 g/mol. The SMILES string of the molecule is CC(C)C1OC(CN=[N+]=[N-])[C@H](O)C(O)C1O. The fraction of sp³-hybridized carbons (Fsp3) is 1.00. The molecule has 16 heavy (non-hydrogen) atoms. The largest absolute Gasteiger partial charge is 0.388 e. The molecule has 0 aromatic rings. The van der Waals surface area contributed by atoms with Gasteiger partial charge in [0, 0.05) is 4.91 Å². The zero-order valence-corrected chi connectivity index (χ0v) is 9.26. The summed E-state index contributed by atoms with van der Waals surface area (Å²) in [5.74, 6) is -0.00860. The second kappa shape index (κ2) is 5.47. The molecule has 0 spiro atoms. The number of hydrogen-bond acceptors (Lipinski definition) is 5. The van der Waals surface area contributed by atoms with Gasteiger partial charge in [-0.1, -0.05) is 19.0 Å². The standard InChI is InChI=1S/C9H17N3O4/c1-4(2)9-8(15)7(14)6(13)5(16-9)3-11-12-10/h4-9,13-15H,3H2,1-2H3/t5?,6-,7?,8?,9?/m0/s1. The third-order valence-electron chi connectivity index (χ3n) is 2.73. The lowest BCUT2D eigenvalue weighted by Crippen LogP contribution is -2.59. The highest BCUT2D eigenvalue weighted by molar-refractivity contribution is 4.93. The molecule has 1 saturated heterocycles. The number of aliphatic hydroxyl groups excluding tert-OH is 3. The lowest BCUT2D eigenvalue weighted by atomic mass is 9.89. The predicted octanol–water partition coefficient (Wildman–Crippen LogP) is -0.197. The molecule has 7 nitrogen and oxygen atoms in total. The Morgan fingerprint density at radius 1 is 1.25 bits per heavy atom. The van der Waals surface area contributed by atoms with Crippen molar-refractivity contribution in [2.75, 3.05) is 6.54 Å². The van der Waals surface area contributed by atoms with Gasteiger partial charge in [-0.25, -0.2) is 0 Å². The van der Waals surface area contributed by atoms with E-state index in [-0.39, 0.29) is 12.5 Å². The summed E-state index contributed by atoms with van der Waals surface area (Å²) >= 11 is 0. The van der Waals surface area contributed by atoms with Crippen LogP contribution in [-0.4, -0.2) is 52.4 Å². The summed E-state index contributed by atoms with van der Waals surface area (Å²) in [6.07, 6.45) is -4.99. The van der Waals surface area contributed by atoms with Crippen LogP contribution in [0, 0.1) is 5.92 Å². The van der Waals surface area contributed by atoms with Crippen LogP contribution < -0.4 is 0 Å². The second-order valence-electron chi connectivity index (χ2n) is 4.27. The monoisotopic (exact) mass is 231 g/mol. The highest BCUT2D eigenvalue weighted by Crippen LogP contribution is 2.25. The van der Waals surface area contributed by atoms with Gasteiger partial charge in [0.2, 0.25) is 0 Å². The maximum atomic E-state index is 9.68. The maximum absolute atomic E-state index is 9.68. The van der Waals surface area contributed by atoms with E-state index < -0.39 is 30.5 Å². The first-order chi connectivity index (χ1) is 7.49. The van der Waals surface area contributed by atoms with Crippen molar-refractivity contribution in [3.05, 3.63) is 10.4 Å². The molecule has 0 radical (unpaired) electrons. The molecule has 0 bridgehead atoms. The molecule has 5 atom stereocenters. The molecule has 0 aromatic carbocycles. The van der Waals surface area contributed by atoms with Crippen molar-refractivity contribution in [1.82, 2.24) is 0 Å². The number of aliphatic hydroxyl groups is 3. The number of hydrogen-bond donors (Lipinski definition) is 3.